The molecule has 0 saturated carbocycles. The molecule has 72 valence electrons. The molecule has 0 aromatic carbocycles. The molecule has 2 N–H and O–H groups in total. The largest absolute Gasteiger partial charge is 0.323 e. The van der Waals surface area contributed by atoms with Crippen molar-refractivity contribution in [3.63, 3.8) is 0 Å². The first-order valence-corrected chi connectivity index (χ1v) is 5.13. The summed E-state index contributed by atoms with van der Waals surface area (Å²) in [5.41, 5.74) is 8.11. The first kappa shape index (κ1) is 10.3. The summed E-state index contributed by atoms with van der Waals surface area (Å²) in [6.07, 6.45) is 1.71. The fraction of sp³-hybridized carbons (Fsp3) is 0.556. The number of nitrogens with zero attached hydrogens (tertiary/aromatic N) is 2. The molecule has 1 heterocycles. The number of nitrogens with two attached hydrogens (primary N) is 1. The zero-order valence-corrected chi connectivity index (χ0v) is 8.90. The lowest BCUT2D eigenvalue weighted by Gasteiger charge is -2.09. The van der Waals surface area contributed by atoms with Gasteiger partial charge in [-0.1, -0.05) is 17.0 Å². The summed E-state index contributed by atoms with van der Waals surface area (Å²) in [4.78, 5) is 1.10. The van der Waals surface area contributed by atoms with Crippen molar-refractivity contribution >= 4 is 11.5 Å². The minimum atomic E-state index is 0.0208. The van der Waals surface area contributed by atoms with Crippen molar-refractivity contribution in [3.8, 4) is 0 Å². The summed E-state index contributed by atoms with van der Waals surface area (Å²) < 4.78 is 3.90. The molecule has 13 heavy (non-hydrogen) atoms. The molecule has 0 aliphatic heterocycles. The van der Waals surface area contributed by atoms with Crippen molar-refractivity contribution in [2.24, 2.45) is 5.73 Å². The Kier molecular flexibility index (Phi) is 3.57. The van der Waals surface area contributed by atoms with Crippen LogP contribution in [0.1, 0.15) is 36.9 Å². The second-order valence-corrected chi connectivity index (χ2v) is 3.99. The lowest BCUT2D eigenvalue weighted by Crippen LogP contribution is -2.10. The third-order valence-electron chi connectivity index (χ3n) is 1.83. The standard InChI is InChI=1S/C9H15N3S/c1-4-8-9(13-12-11-8)7(10)5-6(2)3/h7H,2,4-5,10H2,1,3H3. The predicted molar refractivity (Wildman–Crippen MR) is 55.6 cm³/mol. The molecule has 1 rings (SSSR count). The van der Waals surface area contributed by atoms with Gasteiger partial charge in [-0.3, -0.25) is 0 Å². The van der Waals surface area contributed by atoms with Crippen LogP contribution in [-0.2, 0) is 6.42 Å². The van der Waals surface area contributed by atoms with Gasteiger partial charge in [0.15, 0.2) is 0 Å². The lowest BCUT2D eigenvalue weighted by atomic mass is 10.1. The Balaban J connectivity index is 2.75. The van der Waals surface area contributed by atoms with Gasteiger partial charge in [-0.15, -0.1) is 11.7 Å². The van der Waals surface area contributed by atoms with E-state index in [9.17, 15) is 0 Å². The predicted octanol–water partition coefficient (Wildman–Crippen LogP) is 2.07. The van der Waals surface area contributed by atoms with E-state index in [0.717, 1.165) is 29.0 Å². The molecule has 1 atom stereocenters. The second kappa shape index (κ2) is 4.48. The monoisotopic (exact) mass is 197 g/mol. The van der Waals surface area contributed by atoms with E-state index in [4.69, 9.17) is 5.73 Å². The van der Waals surface area contributed by atoms with Gasteiger partial charge in [-0.25, -0.2) is 0 Å². The van der Waals surface area contributed by atoms with Gasteiger partial charge in [0.25, 0.3) is 0 Å². The third kappa shape index (κ3) is 2.60. The van der Waals surface area contributed by atoms with Crippen molar-refractivity contribution in [3.05, 3.63) is 22.7 Å². The van der Waals surface area contributed by atoms with Crippen molar-refractivity contribution in [2.75, 3.05) is 0 Å². The van der Waals surface area contributed by atoms with E-state index in [1.54, 1.807) is 0 Å². The smallest absolute Gasteiger partial charge is 0.0801 e. The molecule has 1 aromatic heterocycles. The normalized spacial score (nSPS) is 12.8. The molecular weight excluding hydrogens is 182 g/mol. The maximum absolute atomic E-state index is 5.99. The number of hydrogen-bond acceptors (Lipinski definition) is 4. The molecule has 4 heteroatoms. The van der Waals surface area contributed by atoms with E-state index in [1.165, 1.54) is 11.5 Å². The molecule has 1 unspecified atom stereocenters. The Hall–Kier alpha value is -0.740. The van der Waals surface area contributed by atoms with E-state index >= 15 is 0 Å². The zero-order chi connectivity index (χ0) is 9.84. The fourth-order valence-electron chi connectivity index (χ4n) is 1.21. The Morgan fingerprint density at radius 2 is 2.38 bits per heavy atom. The molecule has 0 amide bonds. The Bertz CT molecular complexity index is 293. The van der Waals surface area contributed by atoms with E-state index in [2.05, 4.69) is 23.1 Å². The first-order valence-electron chi connectivity index (χ1n) is 4.36. The molecule has 0 aliphatic carbocycles. The van der Waals surface area contributed by atoms with Crippen molar-refractivity contribution in [1.82, 2.24) is 9.59 Å². The summed E-state index contributed by atoms with van der Waals surface area (Å²) in [5, 5.41) is 4.02. The number of rotatable bonds is 4. The van der Waals surface area contributed by atoms with Gasteiger partial charge in [0.05, 0.1) is 10.6 Å². The Labute approximate surface area is 82.8 Å². The van der Waals surface area contributed by atoms with Gasteiger partial charge in [0.1, 0.15) is 0 Å². The summed E-state index contributed by atoms with van der Waals surface area (Å²) in [6, 6.07) is 0.0208. The highest BCUT2D eigenvalue weighted by molar-refractivity contribution is 7.05. The number of aryl methyl sites for hydroxylation is 1. The van der Waals surface area contributed by atoms with Crippen LogP contribution in [0.3, 0.4) is 0 Å². The topological polar surface area (TPSA) is 51.8 Å². The van der Waals surface area contributed by atoms with Crippen LogP contribution in [0.5, 0.6) is 0 Å². The third-order valence-corrected chi connectivity index (χ3v) is 2.72. The van der Waals surface area contributed by atoms with E-state index in [1.807, 2.05) is 6.92 Å². The van der Waals surface area contributed by atoms with Gasteiger partial charge in [0.2, 0.25) is 0 Å². The van der Waals surface area contributed by atoms with Crippen LogP contribution in [0, 0.1) is 0 Å². The van der Waals surface area contributed by atoms with Gasteiger partial charge in [0, 0.05) is 6.04 Å². The quantitative estimate of drug-likeness (QED) is 0.752. The maximum atomic E-state index is 5.99. The highest BCUT2D eigenvalue weighted by Gasteiger charge is 2.13. The van der Waals surface area contributed by atoms with Gasteiger partial charge >= 0.3 is 0 Å². The van der Waals surface area contributed by atoms with Crippen molar-refractivity contribution < 1.29 is 0 Å². The maximum Gasteiger partial charge on any atom is 0.0801 e. The molecule has 3 nitrogen and oxygen atoms in total. The number of aromatic nitrogens is 2. The summed E-state index contributed by atoms with van der Waals surface area (Å²) in [5.74, 6) is 0. The lowest BCUT2D eigenvalue weighted by molar-refractivity contribution is 0.717. The average molecular weight is 197 g/mol. The van der Waals surface area contributed by atoms with Crippen LogP contribution in [-0.4, -0.2) is 9.59 Å². The van der Waals surface area contributed by atoms with Crippen molar-refractivity contribution in [1.29, 1.82) is 0 Å². The first-order chi connectivity index (χ1) is 6.15. The van der Waals surface area contributed by atoms with Gasteiger partial charge < -0.3 is 5.73 Å². The van der Waals surface area contributed by atoms with Gasteiger partial charge in [-0.05, 0) is 31.3 Å². The SMILES string of the molecule is C=C(C)CC(N)c1snnc1CC. The molecule has 0 spiro atoms. The Morgan fingerprint density at radius 1 is 1.69 bits per heavy atom. The van der Waals surface area contributed by atoms with E-state index in [0.29, 0.717) is 0 Å². The highest BCUT2D eigenvalue weighted by atomic mass is 32.1. The molecule has 0 radical (unpaired) electrons. The fourth-order valence-corrected chi connectivity index (χ4v) is 1.95. The summed E-state index contributed by atoms with van der Waals surface area (Å²) >= 11 is 1.40. The van der Waals surface area contributed by atoms with Gasteiger partial charge in [-0.2, -0.15) is 0 Å². The second-order valence-electron chi connectivity index (χ2n) is 3.21. The molecule has 0 bridgehead atoms. The number of hydrogen-bond donors (Lipinski definition) is 1. The molecular formula is C9H15N3S. The van der Waals surface area contributed by atoms with Crippen LogP contribution >= 0.6 is 11.5 Å². The zero-order valence-electron chi connectivity index (χ0n) is 8.08. The minimum absolute atomic E-state index is 0.0208. The highest BCUT2D eigenvalue weighted by Crippen LogP contribution is 2.23. The summed E-state index contributed by atoms with van der Waals surface area (Å²) in [6.45, 7) is 7.89. The van der Waals surface area contributed by atoms with Crippen LogP contribution in [0.25, 0.3) is 0 Å². The van der Waals surface area contributed by atoms with Crippen LogP contribution in [0.15, 0.2) is 12.2 Å². The Morgan fingerprint density at radius 3 is 2.92 bits per heavy atom. The van der Waals surface area contributed by atoms with E-state index < -0.39 is 0 Å². The molecule has 0 fully saturated rings. The van der Waals surface area contributed by atoms with Crippen LogP contribution in [0.2, 0.25) is 0 Å². The molecule has 0 aliphatic rings. The van der Waals surface area contributed by atoms with Crippen LogP contribution < -0.4 is 5.73 Å². The van der Waals surface area contributed by atoms with E-state index in [-0.39, 0.29) is 6.04 Å². The van der Waals surface area contributed by atoms with Crippen molar-refractivity contribution in [2.45, 2.75) is 32.7 Å². The summed E-state index contributed by atoms with van der Waals surface area (Å²) in [7, 11) is 0. The minimum Gasteiger partial charge on any atom is -0.323 e. The molecule has 1 aromatic rings. The van der Waals surface area contributed by atoms with Crippen LogP contribution in [0.4, 0.5) is 0 Å². The average Bonchev–Trinajstić information content (AvgIpc) is 2.49. The molecule has 0 saturated heterocycles.